The molecule has 0 unspecified atom stereocenters. The van der Waals surface area contributed by atoms with Crippen molar-refractivity contribution in [1.29, 1.82) is 0 Å². The second kappa shape index (κ2) is 6.48. The largest absolute Gasteiger partial charge is 0.155 e. The number of halogens is 3. The molecule has 0 atom stereocenters. The van der Waals surface area contributed by atoms with Gasteiger partial charge in [-0.25, -0.2) is 0 Å². The first-order chi connectivity index (χ1) is 11.0. The van der Waals surface area contributed by atoms with Gasteiger partial charge in [-0.1, -0.05) is 53.0 Å². The maximum Gasteiger partial charge on any atom is 0.0685 e. The standard InChI is InChI=1S/C18H13Cl3N2/c1-10-16(12-6-8-13(19)9-7-12)17(11(2)23-22-10)18-14(20)4-3-5-15(18)21/h3-9H,1-2H3. The summed E-state index contributed by atoms with van der Waals surface area (Å²) in [6.07, 6.45) is 0. The van der Waals surface area contributed by atoms with Gasteiger partial charge in [-0.2, -0.15) is 10.2 Å². The van der Waals surface area contributed by atoms with Crippen LogP contribution in [0.5, 0.6) is 0 Å². The molecule has 23 heavy (non-hydrogen) atoms. The van der Waals surface area contributed by atoms with E-state index in [0.29, 0.717) is 15.1 Å². The Hall–Kier alpha value is -1.61. The summed E-state index contributed by atoms with van der Waals surface area (Å²) in [4.78, 5) is 0. The number of benzene rings is 2. The predicted molar refractivity (Wildman–Crippen MR) is 97.4 cm³/mol. The van der Waals surface area contributed by atoms with E-state index in [4.69, 9.17) is 34.8 Å². The molecule has 2 nitrogen and oxygen atoms in total. The van der Waals surface area contributed by atoms with Gasteiger partial charge in [0.05, 0.1) is 11.4 Å². The minimum atomic E-state index is 0.586. The van der Waals surface area contributed by atoms with Crippen LogP contribution in [0.2, 0.25) is 15.1 Å². The molecule has 1 heterocycles. The lowest BCUT2D eigenvalue weighted by Gasteiger charge is -2.16. The van der Waals surface area contributed by atoms with Gasteiger partial charge in [-0.15, -0.1) is 0 Å². The van der Waals surface area contributed by atoms with Gasteiger partial charge in [0.25, 0.3) is 0 Å². The molecule has 0 aliphatic carbocycles. The Balaban J connectivity index is 2.37. The van der Waals surface area contributed by atoms with Crippen molar-refractivity contribution in [3.8, 4) is 22.3 Å². The van der Waals surface area contributed by atoms with Gasteiger partial charge in [0.15, 0.2) is 0 Å². The molecular weight excluding hydrogens is 351 g/mol. The van der Waals surface area contributed by atoms with Gasteiger partial charge in [0.1, 0.15) is 0 Å². The molecule has 3 aromatic rings. The lowest BCUT2D eigenvalue weighted by Crippen LogP contribution is -2.00. The fourth-order valence-electron chi connectivity index (χ4n) is 2.62. The van der Waals surface area contributed by atoms with Crippen molar-refractivity contribution < 1.29 is 0 Å². The van der Waals surface area contributed by atoms with Crippen molar-refractivity contribution in [2.45, 2.75) is 13.8 Å². The van der Waals surface area contributed by atoms with Crippen molar-refractivity contribution in [1.82, 2.24) is 10.2 Å². The minimum absolute atomic E-state index is 0.586. The zero-order valence-electron chi connectivity index (χ0n) is 12.6. The molecular formula is C18H13Cl3N2. The van der Waals surface area contributed by atoms with Gasteiger partial charge in [-0.05, 0) is 43.7 Å². The highest BCUT2D eigenvalue weighted by molar-refractivity contribution is 6.39. The highest BCUT2D eigenvalue weighted by atomic mass is 35.5. The molecule has 0 spiro atoms. The molecule has 0 N–H and O–H groups in total. The Labute approximate surface area is 150 Å². The summed E-state index contributed by atoms with van der Waals surface area (Å²) in [5.41, 5.74) is 5.21. The predicted octanol–water partition coefficient (Wildman–Crippen LogP) is 6.39. The first-order valence-corrected chi connectivity index (χ1v) is 8.16. The number of aryl methyl sites for hydroxylation is 2. The van der Waals surface area contributed by atoms with Crippen molar-refractivity contribution in [3.05, 3.63) is 68.9 Å². The Bertz CT molecular complexity index is 854. The Morgan fingerprint density at radius 2 is 1.17 bits per heavy atom. The lowest BCUT2D eigenvalue weighted by atomic mass is 9.93. The van der Waals surface area contributed by atoms with Crippen LogP contribution in [-0.4, -0.2) is 10.2 Å². The third-order valence-corrected chi connectivity index (χ3v) is 4.55. The van der Waals surface area contributed by atoms with Gasteiger partial charge in [0, 0.05) is 31.8 Å². The van der Waals surface area contributed by atoms with Crippen molar-refractivity contribution in [2.75, 3.05) is 0 Å². The number of rotatable bonds is 2. The fourth-order valence-corrected chi connectivity index (χ4v) is 3.34. The van der Waals surface area contributed by atoms with Crippen LogP contribution < -0.4 is 0 Å². The van der Waals surface area contributed by atoms with Crippen LogP contribution in [0.1, 0.15) is 11.4 Å². The van der Waals surface area contributed by atoms with E-state index in [1.165, 1.54) is 0 Å². The summed E-state index contributed by atoms with van der Waals surface area (Å²) in [6, 6.07) is 13.1. The molecule has 0 amide bonds. The van der Waals surface area contributed by atoms with Crippen LogP contribution in [0.25, 0.3) is 22.3 Å². The van der Waals surface area contributed by atoms with Crippen LogP contribution in [-0.2, 0) is 0 Å². The first-order valence-electron chi connectivity index (χ1n) is 7.03. The smallest absolute Gasteiger partial charge is 0.0685 e. The van der Waals surface area contributed by atoms with E-state index in [0.717, 1.165) is 33.6 Å². The topological polar surface area (TPSA) is 25.8 Å². The monoisotopic (exact) mass is 362 g/mol. The zero-order valence-corrected chi connectivity index (χ0v) is 14.8. The number of hydrogen-bond donors (Lipinski definition) is 0. The van der Waals surface area contributed by atoms with Crippen molar-refractivity contribution in [3.63, 3.8) is 0 Å². The van der Waals surface area contributed by atoms with E-state index >= 15 is 0 Å². The third-order valence-electron chi connectivity index (χ3n) is 3.67. The normalized spacial score (nSPS) is 10.8. The number of nitrogens with zero attached hydrogens (tertiary/aromatic N) is 2. The first kappa shape index (κ1) is 16.3. The number of aromatic nitrogens is 2. The van der Waals surface area contributed by atoms with Gasteiger partial charge < -0.3 is 0 Å². The van der Waals surface area contributed by atoms with E-state index in [-0.39, 0.29) is 0 Å². The van der Waals surface area contributed by atoms with E-state index in [9.17, 15) is 0 Å². The molecule has 0 bridgehead atoms. The fraction of sp³-hybridized carbons (Fsp3) is 0.111. The van der Waals surface area contributed by atoms with E-state index in [1.54, 1.807) is 0 Å². The average molecular weight is 364 g/mol. The van der Waals surface area contributed by atoms with E-state index in [2.05, 4.69) is 10.2 Å². The Morgan fingerprint density at radius 3 is 1.74 bits per heavy atom. The van der Waals surface area contributed by atoms with Crippen molar-refractivity contribution in [2.24, 2.45) is 0 Å². The third kappa shape index (κ3) is 3.07. The molecule has 116 valence electrons. The molecule has 2 aromatic carbocycles. The van der Waals surface area contributed by atoms with Gasteiger partial charge >= 0.3 is 0 Å². The minimum Gasteiger partial charge on any atom is -0.155 e. The quantitative estimate of drug-likeness (QED) is 0.527. The Morgan fingerprint density at radius 1 is 0.652 bits per heavy atom. The maximum absolute atomic E-state index is 6.42. The van der Waals surface area contributed by atoms with Crippen LogP contribution in [0.3, 0.4) is 0 Å². The number of hydrogen-bond acceptors (Lipinski definition) is 2. The molecule has 0 aliphatic rings. The zero-order chi connectivity index (χ0) is 16.6. The average Bonchev–Trinajstić information content (AvgIpc) is 2.52. The summed E-state index contributed by atoms with van der Waals surface area (Å²) in [7, 11) is 0. The second-order valence-corrected chi connectivity index (χ2v) is 6.48. The van der Waals surface area contributed by atoms with Crippen molar-refractivity contribution >= 4 is 34.8 Å². The molecule has 1 aromatic heterocycles. The molecule has 0 fully saturated rings. The maximum atomic E-state index is 6.42. The summed E-state index contributed by atoms with van der Waals surface area (Å²) < 4.78 is 0. The summed E-state index contributed by atoms with van der Waals surface area (Å²) in [5, 5.41) is 10.4. The van der Waals surface area contributed by atoms with Gasteiger partial charge in [0.2, 0.25) is 0 Å². The highest BCUT2D eigenvalue weighted by Gasteiger charge is 2.19. The van der Waals surface area contributed by atoms with E-state index in [1.807, 2.05) is 56.3 Å². The Kier molecular flexibility index (Phi) is 4.58. The summed E-state index contributed by atoms with van der Waals surface area (Å²) >= 11 is 18.8. The molecule has 0 saturated heterocycles. The molecule has 5 heteroatoms. The molecule has 0 aliphatic heterocycles. The summed E-state index contributed by atoms with van der Waals surface area (Å²) in [5.74, 6) is 0. The summed E-state index contributed by atoms with van der Waals surface area (Å²) in [6.45, 7) is 3.82. The molecule has 3 rings (SSSR count). The second-order valence-electron chi connectivity index (χ2n) is 5.22. The highest BCUT2D eigenvalue weighted by Crippen LogP contribution is 2.42. The van der Waals surface area contributed by atoms with Crippen LogP contribution >= 0.6 is 34.8 Å². The lowest BCUT2D eigenvalue weighted by molar-refractivity contribution is 0.946. The van der Waals surface area contributed by atoms with Gasteiger partial charge in [-0.3, -0.25) is 0 Å². The van der Waals surface area contributed by atoms with Crippen LogP contribution in [0.15, 0.2) is 42.5 Å². The van der Waals surface area contributed by atoms with Crippen LogP contribution in [0, 0.1) is 13.8 Å². The molecule has 0 saturated carbocycles. The SMILES string of the molecule is Cc1nnc(C)c(-c2c(Cl)cccc2Cl)c1-c1ccc(Cl)cc1. The molecule has 0 radical (unpaired) electrons. The van der Waals surface area contributed by atoms with Crippen LogP contribution in [0.4, 0.5) is 0 Å². The van der Waals surface area contributed by atoms with E-state index < -0.39 is 0 Å².